The van der Waals surface area contributed by atoms with Gasteiger partial charge in [-0.15, -0.1) is 0 Å². The average molecular weight is 277 g/mol. The molecule has 0 aliphatic carbocycles. The fraction of sp³-hybridized carbons (Fsp3) is 0. The van der Waals surface area contributed by atoms with Crippen LogP contribution in [0.1, 0.15) is 10.4 Å². The van der Waals surface area contributed by atoms with Crippen LogP contribution in [-0.4, -0.2) is 14.4 Å². The Hall–Kier alpha value is -2.34. The number of rotatable bonds is 4. The molecule has 19 heavy (non-hydrogen) atoms. The molecule has 2 aromatic rings. The molecule has 0 heterocycles. The van der Waals surface area contributed by atoms with Gasteiger partial charge in [0.2, 0.25) is 0 Å². The smallest absolute Gasteiger partial charge is 0.325 e. The second-order valence-electron chi connectivity index (χ2n) is 3.66. The summed E-state index contributed by atoms with van der Waals surface area (Å²) in [6.45, 7) is 0. The Bertz CT molecular complexity index is 654. The van der Waals surface area contributed by atoms with Crippen molar-refractivity contribution < 1.29 is 17.4 Å². The normalized spacial score (nSPS) is 10.7. The van der Waals surface area contributed by atoms with Crippen LogP contribution in [0.15, 0.2) is 60.7 Å². The van der Waals surface area contributed by atoms with Gasteiger partial charge >= 0.3 is 16.3 Å². The molecule has 6 heteroatoms. The van der Waals surface area contributed by atoms with Crippen LogP contribution in [0.3, 0.4) is 0 Å². The highest BCUT2D eigenvalue weighted by molar-refractivity contribution is 7.88. The third-order valence-corrected chi connectivity index (χ3v) is 3.07. The van der Waals surface area contributed by atoms with E-state index in [0.29, 0.717) is 5.69 Å². The van der Waals surface area contributed by atoms with Crippen LogP contribution < -0.4 is 4.72 Å². The van der Waals surface area contributed by atoms with E-state index in [-0.39, 0.29) is 5.56 Å². The quantitative estimate of drug-likeness (QED) is 0.929. The van der Waals surface area contributed by atoms with E-state index in [2.05, 4.69) is 8.91 Å². The molecule has 0 atom stereocenters. The molecular formula is C13H11NO4S. The highest BCUT2D eigenvalue weighted by atomic mass is 32.2. The van der Waals surface area contributed by atoms with Crippen molar-refractivity contribution in [2.45, 2.75) is 0 Å². The number of hydrogen-bond donors (Lipinski definition) is 1. The van der Waals surface area contributed by atoms with Crippen molar-refractivity contribution >= 4 is 22.0 Å². The van der Waals surface area contributed by atoms with Gasteiger partial charge in [0.15, 0.2) is 0 Å². The van der Waals surface area contributed by atoms with E-state index in [9.17, 15) is 13.2 Å². The second-order valence-corrected chi connectivity index (χ2v) is 4.94. The summed E-state index contributed by atoms with van der Waals surface area (Å²) in [7, 11) is -4.18. The van der Waals surface area contributed by atoms with Crippen LogP contribution in [0.4, 0.5) is 5.69 Å². The summed E-state index contributed by atoms with van der Waals surface area (Å²) in [5.74, 6) is -0.927. The van der Waals surface area contributed by atoms with Crippen molar-refractivity contribution in [2.24, 2.45) is 0 Å². The first-order valence-corrected chi connectivity index (χ1v) is 6.84. The molecule has 0 fully saturated rings. The van der Waals surface area contributed by atoms with Crippen molar-refractivity contribution in [3.63, 3.8) is 0 Å². The topological polar surface area (TPSA) is 72.5 Å². The first-order chi connectivity index (χ1) is 9.07. The summed E-state index contributed by atoms with van der Waals surface area (Å²) in [5, 5.41) is 0. The molecule has 0 radical (unpaired) electrons. The number of benzene rings is 2. The van der Waals surface area contributed by atoms with E-state index in [1.54, 1.807) is 48.5 Å². The highest BCUT2D eigenvalue weighted by Gasteiger charge is 2.18. The summed E-state index contributed by atoms with van der Waals surface area (Å²) in [5.41, 5.74) is 0.490. The maximum atomic E-state index is 11.6. The zero-order chi connectivity index (χ0) is 13.7. The molecule has 2 aromatic carbocycles. The lowest BCUT2D eigenvalue weighted by Gasteiger charge is -2.07. The van der Waals surface area contributed by atoms with Crippen molar-refractivity contribution in [2.75, 3.05) is 4.72 Å². The third kappa shape index (κ3) is 3.82. The van der Waals surface area contributed by atoms with Gasteiger partial charge in [0.1, 0.15) is 0 Å². The maximum Gasteiger partial charge on any atom is 0.410 e. The van der Waals surface area contributed by atoms with Gasteiger partial charge in [0, 0.05) is 0 Å². The Morgan fingerprint density at radius 3 is 2.00 bits per heavy atom. The largest absolute Gasteiger partial charge is 0.410 e. The number of hydrogen-bond acceptors (Lipinski definition) is 4. The standard InChI is InChI=1S/C13H11NO4S/c15-13(11-7-3-1-4-8-11)18-19(16,17)14-12-9-5-2-6-10-12/h1-10,14H. The van der Waals surface area contributed by atoms with Gasteiger partial charge in [-0.3, -0.25) is 4.72 Å². The van der Waals surface area contributed by atoms with E-state index in [4.69, 9.17) is 0 Å². The summed E-state index contributed by atoms with van der Waals surface area (Å²) >= 11 is 0. The molecule has 0 amide bonds. The molecule has 0 saturated carbocycles. The SMILES string of the molecule is O=C(OS(=O)(=O)Nc1ccccc1)c1ccccc1. The monoisotopic (exact) mass is 277 g/mol. The molecule has 0 spiro atoms. The zero-order valence-corrected chi connectivity index (χ0v) is 10.6. The number of nitrogens with one attached hydrogen (secondary N) is 1. The second kappa shape index (κ2) is 5.53. The maximum absolute atomic E-state index is 11.6. The summed E-state index contributed by atoms with van der Waals surface area (Å²) in [6.07, 6.45) is 0. The predicted molar refractivity (Wildman–Crippen MR) is 70.8 cm³/mol. The van der Waals surface area contributed by atoms with E-state index in [1.807, 2.05) is 0 Å². The Labute approximate surface area is 111 Å². The van der Waals surface area contributed by atoms with Crippen molar-refractivity contribution in [3.05, 3.63) is 66.2 Å². The van der Waals surface area contributed by atoms with Crippen molar-refractivity contribution in [3.8, 4) is 0 Å². The first kappa shape index (κ1) is 13.1. The Balaban J connectivity index is 2.08. The fourth-order valence-electron chi connectivity index (χ4n) is 1.39. The minimum absolute atomic E-state index is 0.168. The van der Waals surface area contributed by atoms with Crippen LogP contribution in [0.2, 0.25) is 0 Å². The van der Waals surface area contributed by atoms with Gasteiger partial charge in [-0.05, 0) is 24.3 Å². The number of para-hydroxylation sites is 1. The lowest BCUT2D eigenvalue weighted by atomic mass is 10.2. The summed E-state index contributed by atoms with van der Waals surface area (Å²) in [4.78, 5) is 11.6. The van der Waals surface area contributed by atoms with E-state index in [1.165, 1.54) is 12.1 Å². The van der Waals surface area contributed by atoms with Gasteiger partial charge in [-0.1, -0.05) is 36.4 Å². The van der Waals surface area contributed by atoms with Gasteiger partial charge in [-0.2, -0.15) is 8.42 Å². The molecule has 0 unspecified atom stereocenters. The molecule has 0 aromatic heterocycles. The van der Waals surface area contributed by atoms with Crippen LogP contribution >= 0.6 is 0 Å². The molecule has 0 bridgehead atoms. The zero-order valence-electron chi connectivity index (χ0n) is 9.81. The van der Waals surface area contributed by atoms with Gasteiger partial charge in [0.25, 0.3) is 0 Å². The summed E-state index contributed by atoms with van der Waals surface area (Å²) < 4.78 is 29.9. The van der Waals surface area contributed by atoms with Crippen LogP contribution in [-0.2, 0) is 14.5 Å². The van der Waals surface area contributed by atoms with Crippen molar-refractivity contribution in [1.29, 1.82) is 0 Å². The lowest BCUT2D eigenvalue weighted by Crippen LogP contribution is -2.20. The fourth-order valence-corrected chi connectivity index (χ4v) is 2.16. The Morgan fingerprint density at radius 2 is 1.42 bits per heavy atom. The molecule has 1 N–H and O–H groups in total. The third-order valence-electron chi connectivity index (χ3n) is 2.21. The van der Waals surface area contributed by atoms with E-state index < -0.39 is 16.3 Å². The molecule has 2 rings (SSSR count). The van der Waals surface area contributed by atoms with Crippen LogP contribution in [0, 0.1) is 0 Å². The lowest BCUT2D eigenvalue weighted by molar-refractivity contribution is 0.0748. The van der Waals surface area contributed by atoms with Crippen molar-refractivity contribution in [1.82, 2.24) is 0 Å². The Morgan fingerprint density at radius 1 is 0.895 bits per heavy atom. The minimum Gasteiger partial charge on any atom is -0.325 e. The molecule has 98 valence electrons. The van der Waals surface area contributed by atoms with E-state index >= 15 is 0 Å². The average Bonchev–Trinajstić information content (AvgIpc) is 2.39. The number of carbonyl (C=O) groups excluding carboxylic acids is 1. The van der Waals surface area contributed by atoms with Gasteiger partial charge in [0.05, 0.1) is 11.3 Å². The number of carbonyl (C=O) groups is 1. The molecule has 5 nitrogen and oxygen atoms in total. The van der Waals surface area contributed by atoms with Crippen LogP contribution in [0.25, 0.3) is 0 Å². The Kier molecular flexibility index (Phi) is 3.82. The molecule has 0 aliphatic rings. The van der Waals surface area contributed by atoms with Gasteiger partial charge < -0.3 is 4.18 Å². The molecule has 0 aliphatic heterocycles. The number of anilines is 1. The summed E-state index contributed by atoms with van der Waals surface area (Å²) in [6, 6.07) is 16.1. The molecule has 0 saturated heterocycles. The van der Waals surface area contributed by atoms with Crippen LogP contribution in [0.5, 0.6) is 0 Å². The predicted octanol–water partition coefficient (Wildman–Crippen LogP) is 2.20. The molecular weight excluding hydrogens is 266 g/mol. The van der Waals surface area contributed by atoms with E-state index in [0.717, 1.165) is 0 Å². The minimum atomic E-state index is -4.18. The highest BCUT2D eigenvalue weighted by Crippen LogP contribution is 2.10. The van der Waals surface area contributed by atoms with Gasteiger partial charge in [-0.25, -0.2) is 4.79 Å². The first-order valence-electron chi connectivity index (χ1n) is 5.43.